The molecule has 0 saturated heterocycles. The van der Waals surface area contributed by atoms with Crippen LogP contribution >= 0.6 is 15.9 Å². The summed E-state index contributed by atoms with van der Waals surface area (Å²) in [6.07, 6.45) is 0.816. The molecule has 0 aromatic heterocycles. The Kier molecular flexibility index (Phi) is 6.75. The molecule has 0 aliphatic carbocycles. The van der Waals surface area contributed by atoms with Crippen molar-refractivity contribution in [3.8, 4) is 0 Å². The fourth-order valence-electron chi connectivity index (χ4n) is 1.41. The molecular formula is C13H19BrN2O2. The predicted molar refractivity (Wildman–Crippen MR) is 77.0 cm³/mol. The maximum atomic E-state index is 11.6. The molecule has 0 atom stereocenters. The minimum Gasteiger partial charge on any atom is -0.382 e. The van der Waals surface area contributed by atoms with Crippen LogP contribution in [0.15, 0.2) is 22.7 Å². The van der Waals surface area contributed by atoms with E-state index in [0.29, 0.717) is 19.8 Å². The van der Waals surface area contributed by atoms with Gasteiger partial charge in [0.2, 0.25) is 0 Å². The number of ether oxygens (including phenoxy) is 1. The summed E-state index contributed by atoms with van der Waals surface area (Å²) in [5, 5.41) is 5.57. The summed E-state index contributed by atoms with van der Waals surface area (Å²) in [5.74, 6) is 0. The number of rotatable bonds is 6. The topological polar surface area (TPSA) is 50.4 Å². The smallest absolute Gasteiger partial charge is 0.319 e. The van der Waals surface area contributed by atoms with Gasteiger partial charge in [-0.2, -0.15) is 0 Å². The molecule has 100 valence electrons. The molecule has 0 fully saturated rings. The van der Waals surface area contributed by atoms with Crippen molar-refractivity contribution < 1.29 is 9.53 Å². The van der Waals surface area contributed by atoms with Crippen molar-refractivity contribution >= 4 is 27.6 Å². The molecule has 0 heterocycles. The lowest BCUT2D eigenvalue weighted by molar-refractivity contribution is 0.145. The minimum absolute atomic E-state index is 0.198. The molecule has 1 rings (SSSR count). The SMILES string of the molecule is CCOCCCNC(=O)Nc1ccc(C)cc1Br. The van der Waals surface area contributed by atoms with Crippen LogP contribution in [-0.2, 0) is 4.74 Å². The van der Waals surface area contributed by atoms with E-state index >= 15 is 0 Å². The van der Waals surface area contributed by atoms with E-state index in [2.05, 4.69) is 26.6 Å². The highest BCUT2D eigenvalue weighted by molar-refractivity contribution is 9.10. The molecule has 0 saturated carbocycles. The van der Waals surface area contributed by atoms with Gasteiger partial charge in [0.25, 0.3) is 0 Å². The third-order valence-corrected chi connectivity index (χ3v) is 2.98. The first-order valence-corrected chi connectivity index (χ1v) is 6.81. The second kappa shape index (κ2) is 8.11. The summed E-state index contributed by atoms with van der Waals surface area (Å²) in [5.41, 5.74) is 1.91. The molecule has 0 spiro atoms. The third kappa shape index (κ3) is 5.51. The number of carbonyl (C=O) groups excluding carboxylic acids is 1. The Morgan fingerprint density at radius 1 is 1.44 bits per heavy atom. The molecule has 0 aliphatic rings. The van der Waals surface area contributed by atoms with Crippen LogP contribution in [0.2, 0.25) is 0 Å². The minimum atomic E-state index is -0.198. The average Bonchev–Trinajstić information content (AvgIpc) is 2.32. The zero-order valence-electron chi connectivity index (χ0n) is 10.8. The summed E-state index contributed by atoms with van der Waals surface area (Å²) in [6.45, 7) is 5.94. The largest absolute Gasteiger partial charge is 0.382 e. The summed E-state index contributed by atoms with van der Waals surface area (Å²) in [6, 6.07) is 5.59. The van der Waals surface area contributed by atoms with Gasteiger partial charge >= 0.3 is 6.03 Å². The van der Waals surface area contributed by atoms with Gasteiger partial charge in [-0.25, -0.2) is 4.79 Å². The van der Waals surface area contributed by atoms with Gasteiger partial charge in [-0.1, -0.05) is 6.07 Å². The number of nitrogens with one attached hydrogen (secondary N) is 2. The number of benzene rings is 1. The highest BCUT2D eigenvalue weighted by Crippen LogP contribution is 2.23. The van der Waals surface area contributed by atoms with Crippen LogP contribution in [-0.4, -0.2) is 25.8 Å². The Balaban J connectivity index is 2.31. The molecule has 0 aliphatic heterocycles. The van der Waals surface area contributed by atoms with E-state index in [9.17, 15) is 4.79 Å². The maximum Gasteiger partial charge on any atom is 0.319 e. The lowest BCUT2D eigenvalue weighted by Crippen LogP contribution is -2.30. The van der Waals surface area contributed by atoms with Gasteiger partial charge in [0.1, 0.15) is 0 Å². The zero-order chi connectivity index (χ0) is 13.4. The van der Waals surface area contributed by atoms with E-state index < -0.39 is 0 Å². The summed E-state index contributed by atoms with van der Waals surface area (Å²) < 4.78 is 6.07. The first-order chi connectivity index (χ1) is 8.63. The van der Waals surface area contributed by atoms with Gasteiger partial charge in [-0.05, 0) is 53.9 Å². The summed E-state index contributed by atoms with van der Waals surface area (Å²) >= 11 is 3.42. The monoisotopic (exact) mass is 314 g/mol. The Morgan fingerprint density at radius 3 is 2.89 bits per heavy atom. The zero-order valence-corrected chi connectivity index (χ0v) is 12.3. The van der Waals surface area contributed by atoms with E-state index in [1.807, 2.05) is 32.0 Å². The molecular weight excluding hydrogens is 296 g/mol. The van der Waals surface area contributed by atoms with Crippen LogP contribution in [0.5, 0.6) is 0 Å². The van der Waals surface area contributed by atoms with Gasteiger partial charge in [-0.15, -0.1) is 0 Å². The molecule has 1 aromatic carbocycles. The third-order valence-electron chi connectivity index (χ3n) is 2.33. The van der Waals surface area contributed by atoms with Crippen LogP contribution in [0.25, 0.3) is 0 Å². The Hall–Kier alpha value is -1.07. The number of halogens is 1. The molecule has 5 heteroatoms. The lowest BCUT2D eigenvalue weighted by Gasteiger charge is -2.09. The van der Waals surface area contributed by atoms with Gasteiger partial charge in [0.15, 0.2) is 0 Å². The number of hydrogen-bond acceptors (Lipinski definition) is 2. The molecule has 0 radical (unpaired) electrons. The van der Waals surface area contributed by atoms with E-state index in [0.717, 1.165) is 22.1 Å². The van der Waals surface area contributed by atoms with Crippen LogP contribution < -0.4 is 10.6 Å². The highest BCUT2D eigenvalue weighted by atomic mass is 79.9. The maximum absolute atomic E-state index is 11.6. The second-order valence-corrected chi connectivity index (χ2v) is 4.77. The van der Waals surface area contributed by atoms with Crippen molar-refractivity contribution in [3.05, 3.63) is 28.2 Å². The number of hydrogen-bond donors (Lipinski definition) is 2. The van der Waals surface area contributed by atoms with Crippen molar-refractivity contribution in [2.24, 2.45) is 0 Å². The van der Waals surface area contributed by atoms with Crippen LogP contribution in [0, 0.1) is 6.92 Å². The Labute approximate surface area is 116 Å². The van der Waals surface area contributed by atoms with Crippen LogP contribution in [0.4, 0.5) is 10.5 Å². The van der Waals surface area contributed by atoms with E-state index in [-0.39, 0.29) is 6.03 Å². The van der Waals surface area contributed by atoms with Crippen molar-refractivity contribution in [1.82, 2.24) is 5.32 Å². The van der Waals surface area contributed by atoms with Crippen LogP contribution in [0.1, 0.15) is 18.9 Å². The second-order valence-electron chi connectivity index (χ2n) is 3.91. The normalized spacial score (nSPS) is 10.2. The molecule has 0 unspecified atom stereocenters. The summed E-state index contributed by atoms with van der Waals surface area (Å²) in [7, 11) is 0. The fraction of sp³-hybridized carbons (Fsp3) is 0.462. The number of aryl methyl sites for hydroxylation is 1. The van der Waals surface area contributed by atoms with Crippen molar-refractivity contribution in [3.63, 3.8) is 0 Å². The fourth-order valence-corrected chi connectivity index (χ4v) is 2.00. The average molecular weight is 315 g/mol. The molecule has 2 N–H and O–H groups in total. The van der Waals surface area contributed by atoms with E-state index in [1.165, 1.54) is 0 Å². The lowest BCUT2D eigenvalue weighted by atomic mass is 10.2. The van der Waals surface area contributed by atoms with E-state index in [4.69, 9.17) is 4.74 Å². The molecule has 18 heavy (non-hydrogen) atoms. The summed E-state index contributed by atoms with van der Waals surface area (Å²) in [4.78, 5) is 11.6. The molecule has 2 amide bonds. The predicted octanol–water partition coefficient (Wildman–Crippen LogP) is 3.31. The quantitative estimate of drug-likeness (QED) is 0.791. The molecule has 1 aromatic rings. The van der Waals surface area contributed by atoms with Crippen molar-refractivity contribution in [1.29, 1.82) is 0 Å². The number of urea groups is 1. The first kappa shape index (κ1) is 15.0. The number of amides is 2. The van der Waals surface area contributed by atoms with E-state index in [1.54, 1.807) is 0 Å². The highest BCUT2D eigenvalue weighted by Gasteiger charge is 2.04. The standard InChI is InChI=1S/C13H19BrN2O2/c1-3-18-8-4-7-15-13(17)16-12-6-5-10(2)9-11(12)14/h5-6,9H,3-4,7-8H2,1-2H3,(H2,15,16,17). The van der Waals surface area contributed by atoms with Gasteiger partial charge in [0, 0.05) is 24.2 Å². The molecule has 0 bridgehead atoms. The van der Waals surface area contributed by atoms with Gasteiger partial charge in [-0.3, -0.25) is 0 Å². The first-order valence-electron chi connectivity index (χ1n) is 6.02. The number of anilines is 1. The van der Waals surface area contributed by atoms with Crippen LogP contribution in [0.3, 0.4) is 0 Å². The Bertz CT molecular complexity index is 397. The van der Waals surface area contributed by atoms with Gasteiger partial charge in [0.05, 0.1) is 5.69 Å². The van der Waals surface area contributed by atoms with Crippen molar-refractivity contribution in [2.75, 3.05) is 25.1 Å². The Morgan fingerprint density at radius 2 is 2.22 bits per heavy atom. The molecule has 4 nitrogen and oxygen atoms in total. The van der Waals surface area contributed by atoms with Crippen molar-refractivity contribution in [2.45, 2.75) is 20.3 Å². The van der Waals surface area contributed by atoms with Gasteiger partial charge < -0.3 is 15.4 Å². The number of carbonyl (C=O) groups is 1.